The number of aliphatic hydroxyl groups is 2. The van der Waals surface area contributed by atoms with E-state index in [0.29, 0.717) is 58.0 Å². The smallest absolute Gasteiger partial charge is 0.258 e. The molecule has 0 fully saturated rings. The van der Waals surface area contributed by atoms with Crippen LogP contribution in [0.25, 0.3) is 32.6 Å². The number of aromatic nitrogens is 2. The molecule has 0 unspecified atom stereocenters. The van der Waals surface area contributed by atoms with E-state index in [2.05, 4.69) is 23.7 Å². The van der Waals surface area contributed by atoms with Gasteiger partial charge in [0, 0.05) is 47.6 Å². The number of rotatable bonds is 6. The SMILES string of the molecule is CC(C)N(C)CCn1c(=O)c2cc(CO)c(CO)cc2c2cnc3cc4c(cc3c21)OCO4. The number of hydrogen-bond donors (Lipinski definition) is 2. The molecular formula is C25H27N3O5. The lowest BCUT2D eigenvalue weighted by molar-refractivity contribution is 0.174. The molecule has 0 spiro atoms. The third kappa shape index (κ3) is 3.51. The zero-order valence-electron chi connectivity index (χ0n) is 19.0. The molecule has 0 amide bonds. The minimum atomic E-state index is -0.251. The van der Waals surface area contributed by atoms with Crippen LogP contribution in [0.3, 0.4) is 0 Å². The van der Waals surface area contributed by atoms with Gasteiger partial charge in [0.1, 0.15) is 0 Å². The Morgan fingerprint density at radius 3 is 2.33 bits per heavy atom. The van der Waals surface area contributed by atoms with Crippen LogP contribution in [-0.2, 0) is 19.8 Å². The molecule has 0 bridgehead atoms. The van der Waals surface area contributed by atoms with Gasteiger partial charge in [-0.2, -0.15) is 0 Å². The van der Waals surface area contributed by atoms with E-state index in [1.54, 1.807) is 22.9 Å². The van der Waals surface area contributed by atoms with E-state index in [9.17, 15) is 15.0 Å². The van der Waals surface area contributed by atoms with Crippen molar-refractivity contribution in [3.05, 3.63) is 51.9 Å². The van der Waals surface area contributed by atoms with E-state index in [4.69, 9.17) is 9.47 Å². The zero-order chi connectivity index (χ0) is 23.3. The standard InChI is InChI=1S/C25H27N3O5/c1-14(2)27(3)4-5-28-24-19-8-22-23(33-13-32-22)9-21(19)26-10-20(24)17-6-15(11-29)16(12-30)7-18(17)25(28)31/h6-10,14,29-30H,4-5,11-13H2,1-3H3. The number of ether oxygens (including phenoxy) is 2. The van der Waals surface area contributed by atoms with Gasteiger partial charge in [-0.1, -0.05) is 0 Å². The van der Waals surface area contributed by atoms with Gasteiger partial charge in [-0.05, 0) is 55.6 Å². The van der Waals surface area contributed by atoms with Crippen molar-refractivity contribution in [2.75, 3.05) is 20.4 Å². The number of pyridine rings is 2. The van der Waals surface area contributed by atoms with Crippen molar-refractivity contribution in [2.45, 2.75) is 39.6 Å². The number of benzene rings is 2. The second kappa shape index (κ2) is 8.30. The minimum absolute atomic E-state index is 0.140. The van der Waals surface area contributed by atoms with Crippen LogP contribution in [0.1, 0.15) is 25.0 Å². The maximum absolute atomic E-state index is 13.8. The summed E-state index contributed by atoms with van der Waals surface area (Å²) in [5.74, 6) is 1.26. The lowest BCUT2D eigenvalue weighted by Gasteiger charge is -2.23. The molecule has 0 aliphatic carbocycles. The van der Waals surface area contributed by atoms with Gasteiger partial charge >= 0.3 is 0 Å². The van der Waals surface area contributed by atoms with Crippen molar-refractivity contribution in [3.8, 4) is 11.5 Å². The predicted molar refractivity (Wildman–Crippen MR) is 127 cm³/mol. The number of likely N-dealkylation sites (N-methyl/N-ethyl adjacent to an activating group) is 1. The van der Waals surface area contributed by atoms with Crippen LogP contribution in [0, 0.1) is 0 Å². The molecule has 172 valence electrons. The van der Waals surface area contributed by atoms with Crippen LogP contribution in [-0.4, -0.2) is 51.1 Å². The summed E-state index contributed by atoms with van der Waals surface area (Å²) in [6.07, 6.45) is 1.77. The molecule has 0 saturated heterocycles. The van der Waals surface area contributed by atoms with Gasteiger partial charge in [-0.25, -0.2) is 0 Å². The summed E-state index contributed by atoms with van der Waals surface area (Å²) in [5.41, 5.74) is 2.48. The molecule has 8 heteroatoms. The molecule has 8 nitrogen and oxygen atoms in total. The Morgan fingerprint density at radius 2 is 1.67 bits per heavy atom. The highest BCUT2D eigenvalue weighted by atomic mass is 16.7. The first-order valence-electron chi connectivity index (χ1n) is 11.0. The van der Waals surface area contributed by atoms with Gasteiger partial charge in [0.05, 0.1) is 24.2 Å². The molecule has 5 rings (SSSR count). The summed E-state index contributed by atoms with van der Waals surface area (Å²) in [7, 11) is 2.04. The quantitative estimate of drug-likeness (QED) is 0.437. The molecular weight excluding hydrogens is 422 g/mol. The molecule has 1 aliphatic rings. The van der Waals surface area contributed by atoms with Crippen molar-refractivity contribution in [1.29, 1.82) is 0 Å². The van der Waals surface area contributed by atoms with Gasteiger partial charge < -0.3 is 29.2 Å². The predicted octanol–water partition coefficient (Wildman–Crippen LogP) is 2.76. The van der Waals surface area contributed by atoms with Crippen LogP contribution >= 0.6 is 0 Å². The van der Waals surface area contributed by atoms with E-state index in [1.807, 2.05) is 19.2 Å². The van der Waals surface area contributed by atoms with Gasteiger partial charge in [0.25, 0.3) is 5.56 Å². The maximum atomic E-state index is 13.8. The number of hydrogen-bond acceptors (Lipinski definition) is 7. The molecule has 2 aromatic carbocycles. The molecule has 0 saturated carbocycles. The van der Waals surface area contributed by atoms with Crippen LogP contribution < -0.4 is 15.0 Å². The summed E-state index contributed by atoms with van der Waals surface area (Å²) >= 11 is 0. The zero-order valence-corrected chi connectivity index (χ0v) is 19.0. The third-order valence-corrected chi connectivity index (χ3v) is 6.61. The van der Waals surface area contributed by atoms with Gasteiger partial charge in [-0.3, -0.25) is 9.78 Å². The molecule has 1 aliphatic heterocycles. The monoisotopic (exact) mass is 449 g/mol. The average molecular weight is 450 g/mol. The summed E-state index contributed by atoms with van der Waals surface area (Å²) in [5, 5.41) is 22.4. The molecule has 2 N–H and O–H groups in total. The molecule has 2 aromatic heterocycles. The average Bonchev–Trinajstić information content (AvgIpc) is 3.28. The van der Waals surface area contributed by atoms with Crippen LogP contribution in [0.5, 0.6) is 11.5 Å². The van der Waals surface area contributed by atoms with Crippen molar-refractivity contribution in [1.82, 2.24) is 14.5 Å². The number of fused-ring (bicyclic) bond motifs is 6. The largest absolute Gasteiger partial charge is 0.454 e. The molecule has 0 atom stereocenters. The van der Waals surface area contributed by atoms with E-state index >= 15 is 0 Å². The third-order valence-electron chi connectivity index (χ3n) is 6.61. The van der Waals surface area contributed by atoms with E-state index in [-0.39, 0.29) is 25.6 Å². The summed E-state index contributed by atoms with van der Waals surface area (Å²) in [6, 6.07) is 7.54. The van der Waals surface area contributed by atoms with Crippen molar-refractivity contribution < 1.29 is 19.7 Å². The van der Waals surface area contributed by atoms with E-state index in [0.717, 1.165) is 16.3 Å². The van der Waals surface area contributed by atoms with Crippen LogP contribution in [0.15, 0.2) is 35.3 Å². The minimum Gasteiger partial charge on any atom is -0.454 e. The maximum Gasteiger partial charge on any atom is 0.258 e. The Hall–Kier alpha value is -3.20. The highest BCUT2D eigenvalue weighted by molar-refractivity contribution is 6.14. The first kappa shape index (κ1) is 21.6. The Labute approximate surface area is 190 Å². The molecule has 3 heterocycles. The Bertz CT molecular complexity index is 1440. The fourth-order valence-electron chi connectivity index (χ4n) is 4.42. The Kier molecular flexibility index (Phi) is 5.44. The highest BCUT2D eigenvalue weighted by Gasteiger charge is 2.20. The summed E-state index contributed by atoms with van der Waals surface area (Å²) in [4.78, 5) is 20.6. The number of nitrogens with zero attached hydrogens (tertiary/aromatic N) is 3. The highest BCUT2D eigenvalue weighted by Crippen LogP contribution is 2.38. The van der Waals surface area contributed by atoms with Crippen LogP contribution in [0.2, 0.25) is 0 Å². The molecule has 33 heavy (non-hydrogen) atoms. The Morgan fingerprint density at radius 1 is 1.00 bits per heavy atom. The van der Waals surface area contributed by atoms with E-state index in [1.165, 1.54) is 0 Å². The first-order valence-corrected chi connectivity index (χ1v) is 11.0. The van der Waals surface area contributed by atoms with Crippen molar-refractivity contribution >= 4 is 32.6 Å². The molecule has 4 aromatic rings. The van der Waals surface area contributed by atoms with E-state index < -0.39 is 0 Å². The summed E-state index contributed by atoms with van der Waals surface area (Å²) in [6.45, 7) is 5.09. The lowest BCUT2D eigenvalue weighted by Crippen LogP contribution is -2.33. The first-order chi connectivity index (χ1) is 15.9. The van der Waals surface area contributed by atoms with Gasteiger partial charge in [0.15, 0.2) is 11.5 Å². The second-order valence-electron chi connectivity index (χ2n) is 8.76. The van der Waals surface area contributed by atoms with Gasteiger partial charge in [0.2, 0.25) is 6.79 Å². The number of aliphatic hydroxyl groups excluding tert-OH is 2. The lowest BCUT2D eigenvalue weighted by atomic mass is 9.98. The fraction of sp³-hybridized carbons (Fsp3) is 0.360. The Balaban J connectivity index is 1.88. The molecule has 0 radical (unpaired) electrons. The van der Waals surface area contributed by atoms with Gasteiger partial charge in [-0.15, -0.1) is 0 Å². The topological polar surface area (TPSA) is 97.1 Å². The second-order valence-corrected chi connectivity index (χ2v) is 8.76. The van der Waals surface area contributed by atoms with Crippen molar-refractivity contribution in [3.63, 3.8) is 0 Å². The fourth-order valence-corrected chi connectivity index (χ4v) is 4.42. The normalized spacial score (nSPS) is 13.3. The van der Waals surface area contributed by atoms with Crippen molar-refractivity contribution in [2.24, 2.45) is 0 Å². The summed E-state index contributed by atoms with van der Waals surface area (Å²) < 4.78 is 12.9. The van der Waals surface area contributed by atoms with Crippen LogP contribution in [0.4, 0.5) is 0 Å².